The Kier molecular flexibility index (Phi) is 10.7. The second-order valence-corrected chi connectivity index (χ2v) is 8.86. The van der Waals surface area contributed by atoms with E-state index in [4.69, 9.17) is 16.9 Å². The van der Waals surface area contributed by atoms with Crippen molar-refractivity contribution >= 4 is 40.7 Å². The van der Waals surface area contributed by atoms with E-state index >= 15 is 0 Å². The fraction of sp³-hybridized carbons (Fsp3) is 0.500. The van der Waals surface area contributed by atoms with Gasteiger partial charge in [-0.25, -0.2) is 0 Å². The number of aromatic amines is 1. The van der Waals surface area contributed by atoms with E-state index < -0.39 is 11.9 Å². The number of nitrogens with zero attached hydrogens (tertiary/aromatic N) is 1. The molecule has 0 spiro atoms. The number of H-pyrrole nitrogens is 1. The first-order valence-electron chi connectivity index (χ1n) is 11.2. The van der Waals surface area contributed by atoms with Crippen molar-refractivity contribution < 1.29 is 14.4 Å². The molecule has 4 N–H and O–H groups in total. The van der Waals surface area contributed by atoms with Crippen LogP contribution in [0, 0.1) is 30.1 Å². The molecule has 1 aliphatic heterocycles. The smallest absolute Gasteiger partial charge is 0.240 e. The highest BCUT2D eigenvalue weighted by Gasteiger charge is 2.26. The lowest BCUT2D eigenvalue weighted by molar-refractivity contribution is -0.127. The van der Waals surface area contributed by atoms with Crippen molar-refractivity contribution in [2.45, 2.75) is 52.0 Å². The second-order valence-electron chi connectivity index (χ2n) is 8.45. The number of hydrogen-bond donors (Lipinski definition) is 4. The highest BCUT2D eigenvalue weighted by Crippen LogP contribution is 2.26. The first-order chi connectivity index (χ1) is 15.8. The summed E-state index contributed by atoms with van der Waals surface area (Å²) >= 11 is 5.94. The topological polar surface area (TPSA) is 127 Å². The molecule has 2 heterocycles. The summed E-state index contributed by atoms with van der Waals surface area (Å²) < 4.78 is 0. The zero-order chi connectivity index (χ0) is 24.2. The number of nitriles is 1. The Morgan fingerprint density at radius 3 is 2.67 bits per heavy atom. The zero-order valence-electron chi connectivity index (χ0n) is 19.1. The Hall–Kier alpha value is -3.05. The quantitative estimate of drug-likeness (QED) is 0.480. The van der Waals surface area contributed by atoms with Crippen LogP contribution in [0.5, 0.6) is 0 Å². The third kappa shape index (κ3) is 9.54. The number of hydrogen-bond acceptors (Lipinski definition) is 4. The molecule has 33 heavy (non-hydrogen) atoms. The van der Waals surface area contributed by atoms with E-state index in [9.17, 15) is 14.4 Å². The van der Waals surface area contributed by atoms with Crippen LogP contribution < -0.4 is 16.0 Å². The maximum absolute atomic E-state index is 11.5. The lowest BCUT2D eigenvalue weighted by Gasteiger charge is -2.23. The molecule has 0 bridgehead atoms. The molecule has 2 atom stereocenters. The molecule has 178 valence electrons. The highest BCUT2D eigenvalue weighted by molar-refractivity contribution is 6.35. The van der Waals surface area contributed by atoms with Gasteiger partial charge in [0.05, 0.1) is 23.2 Å². The maximum Gasteiger partial charge on any atom is 0.240 e. The minimum atomic E-state index is -0.709. The largest absolute Gasteiger partial charge is 0.357 e. The number of nitrogens with one attached hydrogen (secondary N) is 4. The van der Waals surface area contributed by atoms with Crippen LogP contribution in [0.15, 0.2) is 24.3 Å². The highest BCUT2D eigenvalue weighted by atomic mass is 35.5. The zero-order valence-corrected chi connectivity index (χ0v) is 19.9. The van der Waals surface area contributed by atoms with E-state index in [0.717, 1.165) is 35.0 Å². The normalized spacial score (nSPS) is 17.8. The molecule has 1 saturated heterocycles. The van der Waals surface area contributed by atoms with E-state index in [0.29, 0.717) is 19.4 Å². The van der Waals surface area contributed by atoms with Crippen molar-refractivity contribution in [1.29, 1.82) is 5.26 Å². The number of fused-ring (bicyclic) bond motifs is 1. The molecule has 9 heteroatoms. The lowest BCUT2D eigenvalue weighted by Crippen LogP contribution is -2.44. The number of carbonyl (C=O) groups excluding carboxylic acids is 3. The van der Waals surface area contributed by atoms with E-state index in [2.05, 4.69) is 33.9 Å². The van der Waals surface area contributed by atoms with Crippen molar-refractivity contribution in [2.24, 2.45) is 11.8 Å². The van der Waals surface area contributed by atoms with E-state index in [1.54, 1.807) is 0 Å². The van der Waals surface area contributed by atoms with Gasteiger partial charge in [-0.1, -0.05) is 43.5 Å². The van der Waals surface area contributed by atoms with E-state index in [-0.39, 0.29) is 18.4 Å². The third-order valence-corrected chi connectivity index (χ3v) is 5.68. The van der Waals surface area contributed by atoms with Gasteiger partial charge in [-0.05, 0) is 44.2 Å². The summed E-state index contributed by atoms with van der Waals surface area (Å²) in [6.45, 7) is 4.80. The van der Waals surface area contributed by atoms with Gasteiger partial charge < -0.3 is 20.9 Å². The summed E-state index contributed by atoms with van der Waals surface area (Å²) in [6, 6.07) is 9.22. The predicted molar refractivity (Wildman–Crippen MR) is 128 cm³/mol. The molecule has 4 rings (SSSR count). The van der Waals surface area contributed by atoms with Gasteiger partial charge in [0.2, 0.25) is 18.2 Å². The summed E-state index contributed by atoms with van der Waals surface area (Å²) in [7, 11) is 0. The molecule has 1 aliphatic carbocycles. The van der Waals surface area contributed by atoms with Gasteiger partial charge in [-0.15, -0.1) is 0 Å². The molecule has 2 aromatic rings. The molecular weight excluding hydrogens is 442 g/mol. The number of para-hydroxylation sites is 1. The van der Waals surface area contributed by atoms with Crippen LogP contribution in [-0.4, -0.2) is 42.3 Å². The number of carbonyl (C=O) groups is 3. The van der Waals surface area contributed by atoms with Gasteiger partial charge >= 0.3 is 0 Å². The molecule has 3 amide bonds. The van der Waals surface area contributed by atoms with Crippen molar-refractivity contribution in [3.63, 3.8) is 0 Å². The third-order valence-electron chi connectivity index (χ3n) is 5.36. The van der Waals surface area contributed by atoms with Crippen molar-refractivity contribution in [2.75, 3.05) is 13.1 Å². The van der Waals surface area contributed by atoms with E-state index in [1.165, 1.54) is 18.2 Å². The Labute approximate surface area is 199 Å². The van der Waals surface area contributed by atoms with Crippen molar-refractivity contribution in [1.82, 2.24) is 20.9 Å². The monoisotopic (exact) mass is 473 g/mol. The molecular formula is C24H32ClN5O3. The Bertz CT molecular complexity index is 980. The number of rotatable bonds is 6. The van der Waals surface area contributed by atoms with Gasteiger partial charge in [0.15, 0.2) is 0 Å². The van der Waals surface area contributed by atoms with Crippen LogP contribution in [0.3, 0.4) is 0 Å². The maximum atomic E-state index is 11.5. The Morgan fingerprint density at radius 1 is 1.36 bits per heavy atom. The average Bonchev–Trinajstić information content (AvgIpc) is 3.48. The summed E-state index contributed by atoms with van der Waals surface area (Å²) in [5.41, 5.74) is 2.18. The van der Waals surface area contributed by atoms with Gasteiger partial charge in [0.1, 0.15) is 6.04 Å². The molecule has 1 saturated carbocycles. The van der Waals surface area contributed by atoms with Crippen LogP contribution in [0.1, 0.15) is 44.7 Å². The SMILES string of the molecule is CC1CC1.Cc1cc2cccc(Cl)c2[nH]1.N#CC(CC1CCCNC1=O)NC(=O)CNC=O. The van der Waals surface area contributed by atoms with Gasteiger partial charge in [-0.3, -0.25) is 14.4 Å². The van der Waals surface area contributed by atoms with Crippen LogP contribution in [-0.2, 0) is 14.4 Å². The fourth-order valence-electron chi connectivity index (χ4n) is 3.29. The molecule has 2 unspecified atom stereocenters. The Balaban J connectivity index is 0.000000213. The van der Waals surface area contributed by atoms with Gasteiger partial charge in [0.25, 0.3) is 0 Å². The van der Waals surface area contributed by atoms with Gasteiger partial charge in [0, 0.05) is 23.5 Å². The average molecular weight is 474 g/mol. The first kappa shape index (κ1) is 26.2. The van der Waals surface area contributed by atoms with Crippen LogP contribution in [0.25, 0.3) is 10.9 Å². The summed E-state index contributed by atoms with van der Waals surface area (Å²) in [5, 5.41) is 18.3. The molecule has 0 radical (unpaired) electrons. The van der Waals surface area contributed by atoms with Crippen molar-refractivity contribution in [3.05, 3.63) is 35.0 Å². The number of amides is 3. The fourth-order valence-corrected chi connectivity index (χ4v) is 3.52. The number of aryl methyl sites for hydroxylation is 1. The molecule has 1 aromatic carbocycles. The Morgan fingerprint density at radius 2 is 2.09 bits per heavy atom. The van der Waals surface area contributed by atoms with Crippen LogP contribution >= 0.6 is 11.6 Å². The molecule has 1 aromatic heterocycles. The van der Waals surface area contributed by atoms with E-state index in [1.807, 2.05) is 31.2 Å². The standard InChI is InChI=1S/C11H16N4O3.C9H8ClN.C4H8/c12-5-9(15-10(17)6-13-7-16)4-8-2-1-3-14-11(8)18;1-6-5-7-3-2-4-8(10)9(7)11-6;1-4-2-3-4/h7-9H,1-4,6H2,(H,13,16)(H,14,18)(H,15,17);2-5,11H,1H3;4H,2-3H2,1H3. The second kappa shape index (κ2) is 13.5. The lowest BCUT2D eigenvalue weighted by atomic mass is 9.92. The van der Waals surface area contributed by atoms with Crippen LogP contribution in [0.2, 0.25) is 5.02 Å². The first-order valence-corrected chi connectivity index (χ1v) is 11.6. The van der Waals surface area contributed by atoms with Gasteiger partial charge in [-0.2, -0.15) is 5.26 Å². The van der Waals surface area contributed by atoms with Crippen LogP contribution in [0.4, 0.5) is 0 Å². The number of benzene rings is 1. The molecule has 2 fully saturated rings. The minimum absolute atomic E-state index is 0.0678. The van der Waals surface area contributed by atoms with Crippen molar-refractivity contribution in [3.8, 4) is 6.07 Å². The summed E-state index contributed by atoms with van der Waals surface area (Å²) in [5.74, 6) is 0.342. The number of halogens is 1. The number of aromatic nitrogens is 1. The molecule has 8 nitrogen and oxygen atoms in total. The minimum Gasteiger partial charge on any atom is -0.357 e. The molecule has 2 aliphatic rings. The summed E-state index contributed by atoms with van der Waals surface area (Å²) in [4.78, 5) is 36.0. The summed E-state index contributed by atoms with van der Waals surface area (Å²) in [6.07, 6.45) is 5.30. The number of piperidine rings is 1. The predicted octanol–water partition coefficient (Wildman–Crippen LogP) is 3.20.